The van der Waals surface area contributed by atoms with E-state index in [-0.39, 0.29) is 10.9 Å². The van der Waals surface area contributed by atoms with Crippen molar-refractivity contribution in [3.8, 4) is 23.8 Å². The Morgan fingerprint density at radius 3 is 2.37 bits per heavy atom. The van der Waals surface area contributed by atoms with E-state index < -0.39 is 6.36 Å². The SMILES string of the molecule is C#Cc1cn(-c2ccc(OC(F)(F)F)cc2)nc1Cl. The van der Waals surface area contributed by atoms with Crippen molar-refractivity contribution in [3.05, 3.63) is 41.2 Å². The zero-order valence-corrected chi connectivity index (χ0v) is 10.0. The summed E-state index contributed by atoms with van der Waals surface area (Å²) in [6.07, 6.45) is 1.99. The van der Waals surface area contributed by atoms with Crippen molar-refractivity contribution in [1.82, 2.24) is 9.78 Å². The van der Waals surface area contributed by atoms with Gasteiger partial charge in [-0.25, -0.2) is 4.68 Å². The molecule has 1 aromatic heterocycles. The molecule has 0 bridgehead atoms. The van der Waals surface area contributed by atoms with Crippen LogP contribution in [-0.4, -0.2) is 16.1 Å². The first-order chi connectivity index (χ1) is 8.89. The first-order valence-electron chi connectivity index (χ1n) is 4.97. The highest BCUT2D eigenvalue weighted by molar-refractivity contribution is 6.30. The lowest BCUT2D eigenvalue weighted by atomic mass is 10.3. The lowest BCUT2D eigenvalue weighted by molar-refractivity contribution is -0.274. The molecule has 0 aliphatic heterocycles. The quantitative estimate of drug-likeness (QED) is 0.791. The van der Waals surface area contributed by atoms with Crippen LogP contribution in [0.4, 0.5) is 13.2 Å². The van der Waals surface area contributed by atoms with E-state index in [4.69, 9.17) is 18.0 Å². The van der Waals surface area contributed by atoms with Gasteiger partial charge in [-0.3, -0.25) is 0 Å². The summed E-state index contributed by atoms with van der Waals surface area (Å²) in [6, 6.07) is 5.16. The smallest absolute Gasteiger partial charge is 0.406 e. The zero-order valence-electron chi connectivity index (χ0n) is 9.28. The Bertz CT molecular complexity index is 626. The average molecular weight is 287 g/mol. The molecule has 98 valence electrons. The molecule has 0 N–H and O–H groups in total. The van der Waals surface area contributed by atoms with Crippen molar-refractivity contribution in [2.24, 2.45) is 0 Å². The van der Waals surface area contributed by atoms with Crippen molar-refractivity contribution in [1.29, 1.82) is 0 Å². The summed E-state index contributed by atoms with van der Waals surface area (Å²) in [5.41, 5.74) is 0.912. The van der Waals surface area contributed by atoms with Gasteiger partial charge in [-0.05, 0) is 24.3 Å². The number of nitrogens with zero attached hydrogens (tertiary/aromatic N) is 2. The van der Waals surface area contributed by atoms with Crippen LogP contribution in [0.25, 0.3) is 5.69 Å². The Hall–Kier alpha value is -2.13. The summed E-state index contributed by atoms with van der Waals surface area (Å²) in [4.78, 5) is 0. The van der Waals surface area contributed by atoms with Crippen LogP contribution in [0.15, 0.2) is 30.5 Å². The van der Waals surface area contributed by atoms with Crippen molar-refractivity contribution < 1.29 is 17.9 Å². The Kier molecular flexibility index (Phi) is 3.40. The standard InChI is InChI=1S/C12H6ClF3N2O/c1-2-8-7-18(17-11(8)13)9-3-5-10(6-4-9)19-12(14,15)16/h1,3-7H. The molecule has 0 saturated heterocycles. The van der Waals surface area contributed by atoms with Crippen molar-refractivity contribution in [2.45, 2.75) is 6.36 Å². The number of rotatable bonds is 2. The van der Waals surface area contributed by atoms with Crippen LogP contribution in [0, 0.1) is 12.3 Å². The molecule has 0 radical (unpaired) electrons. The topological polar surface area (TPSA) is 27.1 Å². The minimum absolute atomic E-state index is 0.151. The number of ether oxygens (including phenoxy) is 1. The zero-order chi connectivity index (χ0) is 14.0. The van der Waals surface area contributed by atoms with Crippen LogP contribution in [0.2, 0.25) is 5.15 Å². The molecule has 1 aromatic carbocycles. The average Bonchev–Trinajstić information content (AvgIpc) is 2.69. The highest BCUT2D eigenvalue weighted by Crippen LogP contribution is 2.24. The monoisotopic (exact) mass is 286 g/mol. The normalized spacial score (nSPS) is 11.1. The fourth-order valence-corrected chi connectivity index (χ4v) is 1.57. The van der Waals surface area contributed by atoms with Crippen LogP contribution < -0.4 is 4.74 Å². The van der Waals surface area contributed by atoms with Crippen molar-refractivity contribution >= 4 is 11.6 Å². The van der Waals surface area contributed by atoms with Gasteiger partial charge in [0.15, 0.2) is 5.15 Å². The minimum Gasteiger partial charge on any atom is -0.406 e. The summed E-state index contributed by atoms with van der Waals surface area (Å²) in [5.74, 6) is 2.03. The van der Waals surface area contributed by atoms with Gasteiger partial charge in [0.2, 0.25) is 0 Å². The molecule has 0 spiro atoms. The molecule has 7 heteroatoms. The molecule has 19 heavy (non-hydrogen) atoms. The molecule has 3 nitrogen and oxygen atoms in total. The number of hydrogen-bond acceptors (Lipinski definition) is 2. The maximum atomic E-state index is 12.0. The van der Waals surface area contributed by atoms with Crippen molar-refractivity contribution in [3.63, 3.8) is 0 Å². The third-order valence-corrected chi connectivity index (χ3v) is 2.44. The molecule has 0 fully saturated rings. The van der Waals surface area contributed by atoms with E-state index in [1.54, 1.807) is 0 Å². The second-order valence-corrected chi connectivity index (χ2v) is 3.82. The van der Waals surface area contributed by atoms with Gasteiger partial charge in [0.05, 0.1) is 11.3 Å². The predicted octanol–water partition coefficient (Wildman–Crippen LogP) is 3.41. The molecule has 0 unspecified atom stereocenters. The maximum absolute atomic E-state index is 12.0. The second kappa shape index (κ2) is 4.86. The third kappa shape index (κ3) is 3.20. The van der Waals surface area contributed by atoms with Gasteiger partial charge in [-0.15, -0.1) is 19.6 Å². The second-order valence-electron chi connectivity index (χ2n) is 3.46. The van der Waals surface area contributed by atoms with E-state index in [1.807, 2.05) is 0 Å². The van der Waals surface area contributed by atoms with Crippen LogP contribution in [0.1, 0.15) is 5.56 Å². The van der Waals surface area contributed by atoms with E-state index in [2.05, 4.69) is 15.8 Å². The van der Waals surface area contributed by atoms with Gasteiger partial charge in [-0.1, -0.05) is 17.5 Å². The fraction of sp³-hybridized carbons (Fsp3) is 0.0833. The summed E-state index contributed by atoms with van der Waals surface area (Å²) in [5, 5.41) is 4.08. The van der Waals surface area contributed by atoms with E-state index in [1.165, 1.54) is 35.1 Å². The van der Waals surface area contributed by atoms with Crippen LogP contribution in [-0.2, 0) is 0 Å². The van der Waals surface area contributed by atoms with Crippen molar-refractivity contribution in [2.75, 3.05) is 0 Å². The number of terminal acetylenes is 1. The lowest BCUT2D eigenvalue weighted by Crippen LogP contribution is -2.17. The van der Waals surface area contributed by atoms with Gasteiger partial charge in [0, 0.05) is 6.20 Å². The van der Waals surface area contributed by atoms with Crippen LogP contribution >= 0.6 is 11.6 Å². The highest BCUT2D eigenvalue weighted by atomic mass is 35.5. The summed E-state index contributed by atoms with van der Waals surface area (Å²) >= 11 is 5.77. The van der Waals surface area contributed by atoms with Gasteiger partial charge in [0.25, 0.3) is 0 Å². The Labute approximate surface area is 111 Å². The Morgan fingerprint density at radius 1 is 1.26 bits per heavy atom. The van der Waals surface area contributed by atoms with E-state index in [9.17, 15) is 13.2 Å². The summed E-state index contributed by atoms with van der Waals surface area (Å²) < 4.78 is 41.1. The van der Waals surface area contributed by atoms with Gasteiger partial charge < -0.3 is 4.74 Å². The lowest BCUT2D eigenvalue weighted by Gasteiger charge is -2.09. The molecule has 2 aromatic rings. The van der Waals surface area contributed by atoms with Gasteiger partial charge in [0.1, 0.15) is 5.75 Å². The van der Waals surface area contributed by atoms with Gasteiger partial charge >= 0.3 is 6.36 Å². The number of alkyl halides is 3. The molecule has 2 rings (SSSR count). The third-order valence-electron chi connectivity index (χ3n) is 2.16. The molecule has 0 aliphatic carbocycles. The van der Waals surface area contributed by atoms with Crippen LogP contribution in [0.5, 0.6) is 5.75 Å². The molecule has 0 atom stereocenters. The summed E-state index contributed by atoms with van der Waals surface area (Å²) in [6.45, 7) is 0. The predicted molar refractivity (Wildman–Crippen MR) is 63.2 cm³/mol. The van der Waals surface area contributed by atoms with E-state index in [0.717, 1.165) is 0 Å². The van der Waals surface area contributed by atoms with Crippen LogP contribution in [0.3, 0.4) is 0 Å². The Morgan fingerprint density at radius 2 is 1.89 bits per heavy atom. The molecule has 0 aliphatic rings. The van der Waals surface area contributed by atoms with E-state index >= 15 is 0 Å². The number of halogens is 4. The molecule has 0 amide bonds. The number of hydrogen-bond donors (Lipinski definition) is 0. The molecule has 1 heterocycles. The Balaban J connectivity index is 2.25. The van der Waals surface area contributed by atoms with Gasteiger partial charge in [-0.2, -0.15) is 5.10 Å². The largest absolute Gasteiger partial charge is 0.573 e. The molecular formula is C12H6ClF3N2O. The summed E-state index contributed by atoms with van der Waals surface area (Å²) in [7, 11) is 0. The fourth-order valence-electron chi connectivity index (χ4n) is 1.38. The first-order valence-corrected chi connectivity index (χ1v) is 5.35. The highest BCUT2D eigenvalue weighted by Gasteiger charge is 2.30. The molecule has 0 saturated carbocycles. The first kappa shape index (κ1) is 13.3. The number of aromatic nitrogens is 2. The maximum Gasteiger partial charge on any atom is 0.573 e. The molecular weight excluding hydrogens is 281 g/mol. The minimum atomic E-state index is -4.72. The number of benzene rings is 1. The van der Waals surface area contributed by atoms with E-state index in [0.29, 0.717) is 11.3 Å².